The van der Waals surface area contributed by atoms with Gasteiger partial charge >= 0.3 is 515 Å². The molecule has 53 heteroatoms. The number of rotatable bonds is 48. The van der Waals surface area contributed by atoms with Crippen molar-refractivity contribution in [1.82, 2.24) is 0 Å². The van der Waals surface area contributed by atoms with E-state index in [9.17, 15) is 230 Å². The van der Waals surface area contributed by atoms with E-state index >= 15 is 0 Å². The van der Waals surface area contributed by atoms with Crippen LogP contribution in [0.1, 0.15) is 0 Å². The molecule has 0 spiro atoms. The van der Waals surface area contributed by atoms with Gasteiger partial charge in [0.1, 0.15) is 0 Å². The quantitative estimate of drug-likeness (QED) is 0.0511. The summed E-state index contributed by atoms with van der Waals surface area (Å²) in [6.45, 7) is 0. The first-order valence-electron chi connectivity index (χ1n) is 20.6. The minimum Gasteiger partial charge on any atom is 2.00 e. The first kappa shape index (κ1) is 96.4. The molecular formula is C48H48Co5O48+2. The molecule has 0 heterocycles. The smallest absolute Gasteiger partial charge is 2.00 e. The number of carbonyl (C=O) groups excluding carboxylic acids is 48. The van der Waals surface area contributed by atoms with E-state index in [2.05, 4.69) is 0 Å². The van der Waals surface area contributed by atoms with Crippen molar-refractivity contribution < 1.29 is 264 Å². The van der Waals surface area contributed by atoms with E-state index in [4.69, 9.17) is 0 Å². The van der Waals surface area contributed by atoms with E-state index < -0.39 is 268 Å². The Hall–Kier alpha value is -13.3. The van der Waals surface area contributed by atoms with Crippen molar-refractivity contribution in [2.75, 3.05) is 0 Å². The maximum atomic E-state index is 12.4. The van der Waals surface area contributed by atoms with Gasteiger partial charge in [0.25, 0.3) is 0 Å². The van der Waals surface area contributed by atoms with E-state index in [1.165, 1.54) is 0 Å². The van der Waals surface area contributed by atoms with Crippen molar-refractivity contribution in [2.45, 2.75) is 0 Å². The molecule has 0 fully saturated rings. The maximum absolute atomic E-state index is 13.9. The Morgan fingerprint density at radius 3 is 0.0891 bits per heavy atom. The van der Waals surface area contributed by atoms with Crippen LogP contribution in [0.4, 0.5) is 0 Å². The molecule has 0 aromatic heterocycles. The zero-order chi connectivity index (χ0) is 83.1. The molecule has 0 atom stereocenters. The van der Waals surface area contributed by atoms with Crippen LogP contribution < -0.4 is 0 Å². The molecule has 48 nitrogen and oxygen atoms in total. The Morgan fingerprint density at radius 2 is 0.0891 bits per heavy atom. The summed E-state index contributed by atoms with van der Waals surface area (Å²) >= 11 is 0. The molecule has 0 unspecified atom stereocenters. The summed E-state index contributed by atoms with van der Waals surface area (Å²) in [4.78, 5) is 597. The van der Waals surface area contributed by atoms with Crippen LogP contribution in [-0.2, 0) is 264 Å². The zero-order valence-electron chi connectivity index (χ0n) is 49.0. The van der Waals surface area contributed by atoms with Crippen molar-refractivity contribution in [2.24, 2.45) is 0 Å². The molecule has 101 heavy (non-hydrogen) atoms. The van der Waals surface area contributed by atoms with E-state index in [1.54, 1.807) is 0 Å². The summed E-state index contributed by atoms with van der Waals surface area (Å²) in [5, 5.41) is -108. The minimum atomic E-state index is -13.9. The van der Waals surface area contributed by atoms with Crippen LogP contribution in [-0.4, -0.2) is 251 Å². The fourth-order valence-corrected chi connectivity index (χ4v) is 20.2. The van der Waals surface area contributed by atoms with E-state index in [-0.39, 0.29) is 16.8 Å². The molecule has 0 aliphatic carbocycles. The topological polar surface area (TPSA) is 819 Å². The second kappa shape index (κ2) is 7.14. The van der Waals surface area contributed by atoms with Crippen LogP contribution >= 0.6 is 0 Å². The van der Waals surface area contributed by atoms with Gasteiger partial charge in [0.15, 0.2) is 0 Å². The van der Waals surface area contributed by atoms with Crippen LogP contribution in [0.15, 0.2) is 0 Å². The van der Waals surface area contributed by atoms with Gasteiger partial charge in [0.05, 0.1) is 0 Å². The Balaban J connectivity index is -0.000000404. The third-order valence-electron chi connectivity index (χ3n) is 24.0. The second-order valence-corrected chi connectivity index (χ2v) is 136. The summed E-state index contributed by atoms with van der Waals surface area (Å²) < 4.78 is -55.6. The predicted octanol–water partition coefficient (Wildman–Crippen LogP) is -13.2. The van der Waals surface area contributed by atoms with Gasteiger partial charge in [-0.25, -0.2) is 0 Å². The first-order valence-corrected chi connectivity index (χ1v) is 49.4. The standard InChI is InChI=1S/48CHO.5Co/c48*1-2;;;;;/h48*1H;;;;;/q;;;;;;;;;;;;;;;;;;;;;;;;;;;;;;;;;;;;;;;;;;;;;;;;;;;;+2. The Bertz CT molecular complexity index is 4180. The normalized spacial score (nSPS) is 27.6. The van der Waals surface area contributed by atoms with E-state index in [0.29, 0.717) is 0 Å². The van der Waals surface area contributed by atoms with Crippen LogP contribution in [0.5, 0.6) is 0 Å². The minimum absolute atomic E-state index is 0. The fraction of sp³-hybridized carbons (Fsp3) is 0. The molecule has 0 aliphatic rings. The van der Waals surface area contributed by atoms with Crippen molar-refractivity contribution in [3.05, 3.63) is 0 Å². The monoisotopic (exact) mass is 1690 g/mol. The first-order chi connectivity index (χ1) is 43.7. The summed E-state index contributed by atoms with van der Waals surface area (Å²) in [6.07, 6.45) is 0. The molecule has 0 saturated carbocycles. The summed E-state index contributed by atoms with van der Waals surface area (Å²) in [7, 11) is 0. The van der Waals surface area contributed by atoms with Gasteiger partial charge in [0, 0.05) is 0 Å². The van der Waals surface area contributed by atoms with Gasteiger partial charge in [0.2, 0.25) is 0 Å². The zero-order valence-corrected chi connectivity index (χ0v) is 54.2. The van der Waals surface area contributed by atoms with Gasteiger partial charge in [-0.05, 0) is 0 Å². The fourth-order valence-electron chi connectivity index (χ4n) is 4.89. The molecule has 0 bridgehead atoms. The molecule has 0 amide bonds. The van der Waals surface area contributed by atoms with Gasteiger partial charge < -0.3 is 0 Å². The summed E-state index contributed by atoms with van der Waals surface area (Å²) in [5.41, 5.74) is 0. The maximum Gasteiger partial charge on any atom is 2.00 e. The van der Waals surface area contributed by atoms with Gasteiger partial charge in [-0.2, -0.15) is 0 Å². The summed E-state index contributed by atoms with van der Waals surface area (Å²) in [5.74, 6) is 0. The molecule has 1 radical (unpaired) electrons. The Morgan fingerprint density at radius 1 is 0.0693 bits per heavy atom. The average Bonchev–Trinajstić information content (AvgIpc) is 0.458. The van der Waals surface area contributed by atoms with Gasteiger partial charge in [-0.1, -0.05) is 0 Å². The van der Waals surface area contributed by atoms with Gasteiger partial charge in [-0.3, -0.25) is 0 Å². The van der Waals surface area contributed by atoms with Crippen molar-refractivity contribution in [3.63, 3.8) is 0 Å². The SMILES string of the molecule is O=[CH][Co]([CH]=O)([CH]=O)([CH]=O)([CH]=O)([CH]=O)([CH]=O)([CH]=O)([CH]=O)([CH]=O)([CH]=O)[CH]=O.O=[CH][Co]([CH]=O)([CH]=O)([CH]=O)([CH]=O)([CH]=O)([CH]=O)([CH]=O)([CH]=O)([CH]=O)([CH]=O)[CH]=O.O=[CH][Co]([CH]=O)([CH]=O)([CH]=O)([CH]=O)([CH]=O)([CH]=O)([CH]=O)([CH]=O)([CH]=O)([CH]=O)[CH]=O.O=[CH][Co]([CH]=O)([CH]=O)([CH]=O)([CH]=O)([CH]=O)([CH]=O)([CH]=O)([CH]=O)([CH]=O)([CH]=O)[CH]=O.[Co+2]. The average molecular weight is 1690 g/mol. The predicted molar refractivity (Wildman–Crippen MR) is 324 cm³/mol. The van der Waals surface area contributed by atoms with Crippen LogP contribution in [0.3, 0.4) is 0 Å². The molecule has 0 aliphatic heterocycles. The Labute approximate surface area is 511 Å². The van der Waals surface area contributed by atoms with Gasteiger partial charge in [-0.15, -0.1) is 0 Å². The second-order valence-electron chi connectivity index (χ2n) is 33.1. The van der Waals surface area contributed by atoms with Crippen LogP contribution in [0, 0.1) is 0 Å². The summed E-state index contributed by atoms with van der Waals surface area (Å²) in [6, 6.07) is 0. The van der Waals surface area contributed by atoms with Crippen LogP contribution in [0.25, 0.3) is 0 Å². The van der Waals surface area contributed by atoms with Crippen LogP contribution in [0.2, 0.25) is 0 Å². The molecule has 0 saturated heterocycles. The van der Waals surface area contributed by atoms with Crippen molar-refractivity contribution in [3.8, 4) is 0 Å². The van der Waals surface area contributed by atoms with Crippen molar-refractivity contribution in [1.29, 1.82) is 0 Å². The van der Waals surface area contributed by atoms with E-state index in [0.717, 1.165) is 0 Å². The molecule has 0 aromatic rings. The third kappa shape index (κ3) is 2.35. The largest absolute Gasteiger partial charge is 2.00 e. The number of hydrogen-bond acceptors (Lipinski definition) is 48. The number of carbonyl (C=O) groups is 48. The molecule has 0 N–H and O–H groups in total. The Kier molecular flexibility index (Phi) is 6.81. The molecule has 0 aromatic carbocycles. The molecule has 0 rings (SSSR count). The molecular weight excluding hydrogens is 1640 g/mol. The molecule has 571 valence electrons. The van der Waals surface area contributed by atoms with Crippen molar-refractivity contribution >= 4 is 251 Å². The van der Waals surface area contributed by atoms with E-state index in [1.807, 2.05) is 0 Å². The number of hydrogen-bond donors (Lipinski definition) is 0. The third-order valence-corrected chi connectivity index (χ3v) is 98.8.